The molecule has 1 aromatic carbocycles. The second kappa shape index (κ2) is 8.05. The summed E-state index contributed by atoms with van der Waals surface area (Å²) < 4.78 is 45.0. The van der Waals surface area contributed by atoms with Crippen molar-refractivity contribution in [1.82, 2.24) is 9.88 Å². The number of pyridine rings is 1. The van der Waals surface area contributed by atoms with Crippen LogP contribution in [0, 0.1) is 6.92 Å². The van der Waals surface area contributed by atoms with Crippen LogP contribution >= 0.6 is 0 Å². The Bertz CT molecular complexity index is 713. The smallest absolute Gasteiger partial charge is 0.379 e. The second-order valence-electron chi connectivity index (χ2n) is 6.35. The van der Waals surface area contributed by atoms with E-state index in [9.17, 15) is 13.2 Å². The molecule has 1 fully saturated rings. The third-order valence-electron chi connectivity index (χ3n) is 4.52. The number of benzene rings is 1. The van der Waals surface area contributed by atoms with Gasteiger partial charge in [0.1, 0.15) is 5.82 Å². The summed E-state index contributed by atoms with van der Waals surface area (Å²) in [4.78, 5) is 6.13. The summed E-state index contributed by atoms with van der Waals surface area (Å²) in [6, 6.07) is 10.4. The molecule has 0 bridgehead atoms. The first-order chi connectivity index (χ1) is 12.4. The molecule has 0 saturated carbocycles. The van der Waals surface area contributed by atoms with Gasteiger partial charge in [-0.2, -0.15) is 13.2 Å². The van der Waals surface area contributed by atoms with Crippen LogP contribution in [0.5, 0.6) is 0 Å². The number of aryl methyl sites for hydroxylation is 1. The molecule has 1 aliphatic heterocycles. The van der Waals surface area contributed by atoms with Gasteiger partial charge in [-0.25, -0.2) is 4.98 Å². The first-order valence-corrected chi connectivity index (χ1v) is 8.59. The topological polar surface area (TPSA) is 37.4 Å². The van der Waals surface area contributed by atoms with Crippen LogP contribution in [0.25, 0.3) is 0 Å². The van der Waals surface area contributed by atoms with E-state index >= 15 is 0 Å². The van der Waals surface area contributed by atoms with Gasteiger partial charge in [-0.3, -0.25) is 4.90 Å². The third-order valence-corrected chi connectivity index (χ3v) is 4.52. The number of aromatic nitrogens is 1. The van der Waals surface area contributed by atoms with Gasteiger partial charge in [-0.1, -0.05) is 29.8 Å². The molecule has 26 heavy (non-hydrogen) atoms. The number of hydrogen-bond acceptors (Lipinski definition) is 4. The number of anilines is 1. The Balaban J connectivity index is 1.81. The van der Waals surface area contributed by atoms with E-state index in [0.29, 0.717) is 19.8 Å². The molecule has 0 radical (unpaired) electrons. The van der Waals surface area contributed by atoms with Crippen LogP contribution in [0.2, 0.25) is 0 Å². The van der Waals surface area contributed by atoms with E-state index in [0.717, 1.165) is 30.3 Å². The lowest BCUT2D eigenvalue weighted by atomic mass is 10.0. The van der Waals surface area contributed by atoms with E-state index in [2.05, 4.69) is 15.2 Å². The van der Waals surface area contributed by atoms with Crippen LogP contribution in [0.15, 0.2) is 42.6 Å². The molecule has 3 rings (SSSR count). The molecule has 0 aliphatic carbocycles. The minimum atomic E-state index is -4.44. The Labute approximate surface area is 151 Å². The Morgan fingerprint density at radius 3 is 2.50 bits per heavy atom. The van der Waals surface area contributed by atoms with Crippen molar-refractivity contribution in [1.29, 1.82) is 0 Å². The number of halogens is 3. The highest BCUT2D eigenvalue weighted by Crippen LogP contribution is 2.34. The summed E-state index contributed by atoms with van der Waals surface area (Å²) >= 11 is 0. The Hall–Kier alpha value is -2.12. The minimum absolute atomic E-state index is 0.0532. The Kier molecular flexibility index (Phi) is 5.78. The molecule has 1 atom stereocenters. The number of hydrogen-bond donors (Lipinski definition) is 1. The van der Waals surface area contributed by atoms with Gasteiger partial charge < -0.3 is 10.1 Å². The molecular formula is C19H22F3N3O. The molecule has 0 amide bonds. The highest BCUT2D eigenvalue weighted by molar-refractivity contribution is 5.46. The zero-order valence-corrected chi connectivity index (χ0v) is 14.6. The molecule has 0 spiro atoms. The summed E-state index contributed by atoms with van der Waals surface area (Å²) in [6.07, 6.45) is -3.07. The van der Waals surface area contributed by atoms with Crippen LogP contribution in [-0.2, 0) is 10.9 Å². The molecule has 1 saturated heterocycles. The molecule has 1 aliphatic rings. The average Bonchev–Trinajstić information content (AvgIpc) is 2.64. The van der Waals surface area contributed by atoms with Gasteiger partial charge in [0, 0.05) is 25.8 Å². The first kappa shape index (κ1) is 18.7. The lowest BCUT2D eigenvalue weighted by Gasteiger charge is -2.35. The van der Waals surface area contributed by atoms with Crippen LogP contribution in [-0.4, -0.2) is 42.7 Å². The number of rotatable bonds is 5. The SMILES string of the molecule is Cc1ccc(C(CNc2ncccc2C(F)(F)F)N2CCOCC2)cc1. The zero-order chi connectivity index (χ0) is 18.6. The number of alkyl halides is 3. The molecule has 1 unspecified atom stereocenters. The summed E-state index contributed by atoms with van der Waals surface area (Å²) in [5.74, 6) is -0.134. The van der Waals surface area contributed by atoms with E-state index in [-0.39, 0.29) is 11.9 Å². The van der Waals surface area contributed by atoms with Crippen molar-refractivity contribution < 1.29 is 17.9 Å². The van der Waals surface area contributed by atoms with Crippen molar-refractivity contribution in [2.45, 2.75) is 19.1 Å². The monoisotopic (exact) mass is 365 g/mol. The van der Waals surface area contributed by atoms with E-state index < -0.39 is 11.7 Å². The van der Waals surface area contributed by atoms with Crippen LogP contribution in [0.4, 0.5) is 19.0 Å². The van der Waals surface area contributed by atoms with Gasteiger partial charge in [0.2, 0.25) is 0 Å². The van der Waals surface area contributed by atoms with E-state index in [4.69, 9.17) is 4.74 Å². The fourth-order valence-corrected chi connectivity index (χ4v) is 3.10. The lowest BCUT2D eigenvalue weighted by Crippen LogP contribution is -2.41. The highest BCUT2D eigenvalue weighted by atomic mass is 19.4. The van der Waals surface area contributed by atoms with Gasteiger partial charge in [0.15, 0.2) is 0 Å². The molecule has 140 valence electrons. The van der Waals surface area contributed by atoms with Gasteiger partial charge in [0.05, 0.1) is 24.8 Å². The number of nitrogens with zero attached hydrogens (tertiary/aromatic N) is 2. The second-order valence-corrected chi connectivity index (χ2v) is 6.35. The van der Waals surface area contributed by atoms with Crippen molar-refractivity contribution in [2.75, 3.05) is 38.2 Å². The van der Waals surface area contributed by atoms with Crippen molar-refractivity contribution in [3.63, 3.8) is 0 Å². The standard InChI is InChI=1S/C19H22F3N3O/c1-14-4-6-15(7-5-14)17(25-9-11-26-12-10-25)13-24-18-16(19(20,21)22)3-2-8-23-18/h2-8,17H,9-13H2,1H3,(H,23,24). The molecule has 4 nitrogen and oxygen atoms in total. The molecule has 2 aromatic rings. The maximum Gasteiger partial charge on any atom is 0.419 e. The summed E-state index contributed by atoms with van der Waals surface area (Å²) in [5.41, 5.74) is 1.46. The van der Waals surface area contributed by atoms with Gasteiger partial charge in [-0.05, 0) is 24.6 Å². The molecule has 1 N–H and O–H groups in total. The highest BCUT2D eigenvalue weighted by Gasteiger charge is 2.34. The van der Waals surface area contributed by atoms with Gasteiger partial charge >= 0.3 is 6.18 Å². The number of ether oxygens (including phenoxy) is 1. The van der Waals surface area contributed by atoms with E-state index in [1.165, 1.54) is 12.3 Å². The summed E-state index contributed by atoms with van der Waals surface area (Å²) in [7, 11) is 0. The predicted octanol–water partition coefficient (Wildman–Crippen LogP) is 3.89. The maximum absolute atomic E-state index is 13.2. The van der Waals surface area contributed by atoms with Crippen molar-refractivity contribution in [2.24, 2.45) is 0 Å². The maximum atomic E-state index is 13.2. The molecule has 1 aromatic heterocycles. The fraction of sp³-hybridized carbons (Fsp3) is 0.421. The molecular weight excluding hydrogens is 343 g/mol. The van der Waals surface area contributed by atoms with Crippen LogP contribution in [0.3, 0.4) is 0 Å². The van der Waals surface area contributed by atoms with Crippen molar-refractivity contribution in [3.05, 3.63) is 59.3 Å². The summed E-state index contributed by atoms with van der Waals surface area (Å²) in [5, 5.41) is 2.92. The Morgan fingerprint density at radius 2 is 1.85 bits per heavy atom. The largest absolute Gasteiger partial charge is 0.419 e. The predicted molar refractivity (Wildman–Crippen MR) is 94.0 cm³/mol. The van der Waals surface area contributed by atoms with Gasteiger partial charge in [-0.15, -0.1) is 0 Å². The van der Waals surface area contributed by atoms with Gasteiger partial charge in [0.25, 0.3) is 0 Å². The van der Waals surface area contributed by atoms with Crippen LogP contribution < -0.4 is 5.32 Å². The molecule has 2 heterocycles. The number of morpholine rings is 1. The van der Waals surface area contributed by atoms with Crippen molar-refractivity contribution >= 4 is 5.82 Å². The third kappa shape index (κ3) is 4.53. The Morgan fingerprint density at radius 1 is 1.15 bits per heavy atom. The molecule has 7 heteroatoms. The van der Waals surface area contributed by atoms with Crippen molar-refractivity contribution in [3.8, 4) is 0 Å². The minimum Gasteiger partial charge on any atom is -0.379 e. The normalized spacial score (nSPS) is 17.1. The van der Waals surface area contributed by atoms with Crippen LogP contribution in [0.1, 0.15) is 22.7 Å². The zero-order valence-electron chi connectivity index (χ0n) is 14.6. The lowest BCUT2D eigenvalue weighted by molar-refractivity contribution is -0.137. The first-order valence-electron chi connectivity index (χ1n) is 8.59. The summed E-state index contributed by atoms with van der Waals surface area (Å²) in [6.45, 7) is 5.08. The van der Waals surface area contributed by atoms with E-state index in [1.807, 2.05) is 31.2 Å². The number of nitrogens with one attached hydrogen (secondary N) is 1. The quantitative estimate of drug-likeness (QED) is 0.872. The fourth-order valence-electron chi connectivity index (χ4n) is 3.10. The van der Waals surface area contributed by atoms with E-state index in [1.54, 1.807) is 0 Å². The average molecular weight is 365 g/mol.